The van der Waals surface area contributed by atoms with Crippen LogP contribution in [0.1, 0.15) is 12.0 Å². The molecular weight excluding hydrogens is 237 g/mol. The zero-order chi connectivity index (χ0) is 12.1. The molecule has 2 N–H and O–H groups in total. The van der Waals surface area contributed by atoms with Crippen LogP contribution >= 0.6 is 11.8 Å². The molecule has 17 heavy (non-hydrogen) atoms. The highest BCUT2D eigenvalue weighted by atomic mass is 32.2. The van der Waals surface area contributed by atoms with Gasteiger partial charge in [0.25, 0.3) is 0 Å². The molecule has 1 aromatic carbocycles. The van der Waals surface area contributed by atoms with E-state index in [4.69, 9.17) is 0 Å². The third-order valence-electron chi connectivity index (χ3n) is 2.59. The summed E-state index contributed by atoms with van der Waals surface area (Å²) in [4.78, 5) is 5.41. The zero-order valence-corrected chi connectivity index (χ0v) is 10.6. The van der Waals surface area contributed by atoms with E-state index in [-0.39, 0.29) is 5.82 Å². The molecule has 0 saturated heterocycles. The number of benzene rings is 1. The van der Waals surface area contributed by atoms with E-state index in [9.17, 15) is 4.39 Å². The van der Waals surface area contributed by atoms with Gasteiger partial charge in [-0.3, -0.25) is 4.99 Å². The number of guanidine groups is 1. The van der Waals surface area contributed by atoms with E-state index < -0.39 is 0 Å². The molecule has 2 rings (SSSR count). The largest absolute Gasteiger partial charge is 0.356 e. The Hall–Kier alpha value is -1.23. The summed E-state index contributed by atoms with van der Waals surface area (Å²) in [5, 5.41) is 6.38. The number of nitrogens with zero attached hydrogens (tertiary/aromatic N) is 1. The second-order valence-corrected chi connectivity index (χ2v) is 4.67. The van der Waals surface area contributed by atoms with Crippen molar-refractivity contribution < 1.29 is 4.39 Å². The monoisotopic (exact) mass is 253 g/mol. The van der Waals surface area contributed by atoms with E-state index in [2.05, 4.69) is 15.6 Å². The van der Waals surface area contributed by atoms with Crippen molar-refractivity contribution in [2.24, 2.45) is 4.99 Å². The van der Waals surface area contributed by atoms with Gasteiger partial charge in [-0.2, -0.15) is 0 Å². The molecule has 0 atom stereocenters. The van der Waals surface area contributed by atoms with E-state index in [1.54, 1.807) is 17.8 Å². The molecule has 1 aliphatic heterocycles. The molecule has 5 heteroatoms. The van der Waals surface area contributed by atoms with Gasteiger partial charge in [0.15, 0.2) is 5.96 Å². The van der Waals surface area contributed by atoms with E-state index in [1.807, 2.05) is 12.3 Å². The lowest BCUT2D eigenvalue weighted by molar-refractivity contribution is 0.621. The predicted molar refractivity (Wildman–Crippen MR) is 69.9 cm³/mol. The number of nitrogens with one attached hydrogen (secondary N) is 2. The number of aliphatic imine (C=N–C) groups is 1. The minimum Gasteiger partial charge on any atom is -0.356 e. The third kappa shape index (κ3) is 3.36. The van der Waals surface area contributed by atoms with Gasteiger partial charge in [0.05, 0.1) is 0 Å². The summed E-state index contributed by atoms with van der Waals surface area (Å²) >= 11 is 1.62. The van der Waals surface area contributed by atoms with Crippen LogP contribution in [0.3, 0.4) is 0 Å². The molecule has 0 radical (unpaired) electrons. The first kappa shape index (κ1) is 12.2. The highest BCUT2D eigenvalue weighted by Crippen LogP contribution is 2.21. The van der Waals surface area contributed by atoms with Gasteiger partial charge < -0.3 is 10.6 Å². The van der Waals surface area contributed by atoms with Crippen molar-refractivity contribution >= 4 is 17.7 Å². The molecule has 0 spiro atoms. The maximum atomic E-state index is 13.2. The van der Waals surface area contributed by atoms with E-state index >= 15 is 0 Å². The summed E-state index contributed by atoms with van der Waals surface area (Å²) < 4.78 is 13.2. The second-order valence-electron chi connectivity index (χ2n) is 3.82. The first-order valence-corrected chi connectivity index (χ1v) is 6.86. The topological polar surface area (TPSA) is 36.4 Å². The van der Waals surface area contributed by atoms with Gasteiger partial charge in [-0.25, -0.2) is 4.39 Å². The summed E-state index contributed by atoms with van der Waals surface area (Å²) in [6, 6.07) is 4.88. The standard InChI is InChI=1S/C12H16FN3S/c1-17-11-4-3-10(13)7-9(11)8-16-12-14-5-2-6-15-12/h3-4,7H,2,5-6,8H2,1H3,(H2,14,15,16). The molecule has 1 aliphatic rings. The Morgan fingerprint density at radius 1 is 1.53 bits per heavy atom. The number of hydrogen-bond acceptors (Lipinski definition) is 4. The summed E-state index contributed by atoms with van der Waals surface area (Å²) in [6.07, 6.45) is 3.06. The molecule has 0 aromatic heterocycles. The minimum absolute atomic E-state index is 0.196. The van der Waals surface area contributed by atoms with Crippen LogP contribution < -0.4 is 10.6 Å². The summed E-state index contributed by atoms with van der Waals surface area (Å²) in [7, 11) is 0. The highest BCUT2D eigenvalue weighted by Gasteiger charge is 2.06. The number of hydrogen-bond donors (Lipinski definition) is 2. The SMILES string of the molecule is CSc1ccc(F)cc1CNC1=NCCCN1. The van der Waals surface area contributed by atoms with Crippen LogP contribution in [0.15, 0.2) is 28.1 Å². The normalized spacial score (nSPS) is 15.1. The quantitative estimate of drug-likeness (QED) is 0.809. The van der Waals surface area contributed by atoms with Crippen LogP contribution in [0.25, 0.3) is 0 Å². The third-order valence-corrected chi connectivity index (χ3v) is 3.42. The van der Waals surface area contributed by atoms with Gasteiger partial charge in [-0.15, -0.1) is 11.8 Å². The Morgan fingerprint density at radius 3 is 3.12 bits per heavy atom. The Morgan fingerprint density at radius 2 is 2.41 bits per heavy atom. The molecule has 0 fully saturated rings. The molecular formula is C12H16FN3S. The van der Waals surface area contributed by atoms with Crippen LogP contribution in [0.5, 0.6) is 0 Å². The number of halogens is 1. The molecule has 1 aromatic rings. The second kappa shape index (κ2) is 5.91. The van der Waals surface area contributed by atoms with Gasteiger partial charge in [0.1, 0.15) is 5.82 Å². The van der Waals surface area contributed by atoms with Crippen molar-refractivity contribution in [2.45, 2.75) is 17.9 Å². The van der Waals surface area contributed by atoms with Crippen LogP contribution in [0, 0.1) is 5.82 Å². The van der Waals surface area contributed by atoms with Crippen molar-refractivity contribution in [1.82, 2.24) is 10.6 Å². The maximum Gasteiger partial charge on any atom is 0.191 e. The summed E-state index contributed by atoms with van der Waals surface area (Å²) in [5.41, 5.74) is 0.965. The van der Waals surface area contributed by atoms with E-state index in [0.29, 0.717) is 6.54 Å². The minimum atomic E-state index is -0.196. The number of thioether (sulfide) groups is 1. The van der Waals surface area contributed by atoms with Crippen molar-refractivity contribution in [3.05, 3.63) is 29.6 Å². The fraction of sp³-hybridized carbons (Fsp3) is 0.417. The lowest BCUT2D eigenvalue weighted by Crippen LogP contribution is -2.40. The Labute approximate surface area is 105 Å². The van der Waals surface area contributed by atoms with Crippen molar-refractivity contribution in [3.63, 3.8) is 0 Å². The smallest absolute Gasteiger partial charge is 0.191 e. The Balaban J connectivity index is 2.02. The van der Waals surface area contributed by atoms with Gasteiger partial charge in [0.2, 0.25) is 0 Å². The van der Waals surface area contributed by atoms with Gasteiger partial charge in [-0.1, -0.05) is 0 Å². The molecule has 0 bridgehead atoms. The zero-order valence-electron chi connectivity index (χ0n) is 9.79. The molecule has 1 heterocycles. The molecule has 0 unspecified atom stereocenters. The van der Waals surface area contributed by atoms with Gasteiger partial charge in [-0.05, 0) is 36.4 Å². The van der Waals surface area contributed by atoms with Crippen molar-refractivity contribution in [3.8, 4) is 0 Å². The molecule has 0 aliphatic carbocycles. The number of rotatable bonds is 3. The summed E-state index contributed by atoms with van der Waals surface area (Å²) in [5.74, 6) is 0.616. The lowest BCUT2D eigenvalue weighted by Gasteiger charge is -2.17. The maximum absolute atomic E-state index is 13.2. The fourth-order valence-electron chi connectivity index (χ4n) is 1.72. The molecule has 0 saturated carbocycles. The molecule has 3 nitrogen and oxygen atoms in total. The van der Waals surface area contributed by atoms with Crippen molar-refractivity contribution in [2.75, 3.05) is 19.3 Å². The molecule has 0 amide bonds. The van der Waals surface area contributed by atoms with Crippen molar-refractivity contribution in [1.29, 1.82) is 0 Å². The Bertz CT molecular complexity index is 420. The van der Waals surface area contributed by atoms with E-state index in [0.717, 1.165) is 35.9 Å². The Kier molecular flexibility index (Phi) is 4.25. The van der Waals surface area contributed by atoms with Crippen LogP contribution in [0.4, 0.5) is 4.39 Å². The average molecular weight is 253 g/mol. The summed E-state index contributed by atoms with van der Waals surface area (Å²) in [6.45, 7) is 2.40. The molecule has 92 valence electrons. The van der Waals surface area contributed by atoms with Crippen LogP contribution in [-0.2, 0) is 6.54 Å². The van der Waals surface area contributed by atoms with Gasteiger partial charge >= 0.3 is 0 Å². The predicted octanol–water partition coefficient (Wildman–Crippen LogP) is 1.99. The van der Waals surface area contributed by atoms with E-state index in [1.165, 1.54) is 6.07 Å². The lowest BCUT2D eigenvalue weighted by atomic mass is 10.2. The fourth-order valence-corrected chi connectivity index (χ4v) is 2.31. The first-order valence-electron chi connectivity index (χ1n) is 5.64. The average Bonchev–Trinajstić information content (AvgIpc) is 2.38. The van der Waals surface area contributed by atoms with Gasteiger partial charge in [0, 0.05) is 24.5 Å². The highest BCUT2D eigenvalue weighted by molar-refractivity contribution is 7.98. The first-order chi connectivity index (χ1) is 8.29. The van der Waals surface area contributed by atoms with Crippen LogP contribution in [0.2, 0.25) is 0 Å². The van der Waals surface area contributed by atoms with Crippen LogP contribution in [-0.4, -0.2) is 25.3 Å².